The van der Waals surface area contributed by atoms with Gasteiger partial charge in [-0.3, -0.25) is 19.3 Å². The monoisotopic (exact) mass is 407 g/mol. The molecule has 0 saturated carbocycles. The minimum Gasteiger partial charge on any atom is -0.497 e. The summed E-state index contributed by atoms with van der Waals surface area (Å²) in [6.45, 7) is 3.15. The van der Waals surface area contributed by atoms with Crippen molar-refractivity contribution in [2.45, 2.75) is 12.8 Å². The molecule has 1 saturated heterocycles. The fourth-order valence-corrected chi connectivity index (χ4v) is 4.00. The van der Waals surface area contributed by atoms with Gasteiger partial charge in [-0.15, -0.1) is 0 Å². The van der Waals surface area contributed by atoms with Gasteiger partial charge in [0.05, 0.1) is 18.2 Å². The van der Waals surface area contributed by atoms with Gasteiger partial charge in [0.1, 0.15) is 5.75 Å². The Hall–Kier alpha value is -3.35. The van der Waals surface area contributed by atoms with E-state index in [1.165, 1.54) is 4.90 Å². The fraction of sp³-hybridized carbons (Fsp3) is 0.348. The third-order valence-electron chi connectivity index (χ3n) is 5.72. The SMILES string of the molecule is COc1ccc(N2CCN(C(=O)CCCN3C(=O)c4ccccc4C3=O)CC2)cc1. The van der Waals surface area contributed by atoms with E-state index in [9.17, 15) is 14.4 Å². The second-order valence-electron chi connectivity index (χ2n) is 7.48. The average Bonchev–Trinajstić information content (AvgIpc) is 3.04. The molecule has 2 aliphatic rings. The van der Waals surface area contributed by atoms with Crippen LogP contribution in [0.5, 0.6) is 5.75 Å². The van der Waals surface area contributed by atoms with Crippen molar-refractivity contribution < 1.29 is 19.1 Å². The van der Waals surface area contributed by atoms with E-state index in [0.29, 0.717) is 37.1 Å². The quantitative estimate of drug-likeness (QED) is 0.688. The summed E-state index contributed by atoms with van der Waals surface area (Å²) in [4.78, 5) is 42.7. The van der Waals surface area contributed by atoms with Gasteiger partial charge < -0.3 is 14.5 Å². The maximum absolute atomic E-state index is 12.6. The van der Waals surface area contributed by atoms with Crippen molar-refractivity contribution >= 4 is 23.4 Å². The second kappa shape index (κ2) is 8.57. The summed E-state index contributed by atoms with van der Waals surface area (Å²) in [6, 6.07) is 14.8. The van der Waals surface area contributed by atoms with Gasteiger partial charge in [-0.05, 0) is 42.8 Å². The van der Waals surface area contributed by atoms with Crippen molar-refractivity contribution in [1.82, 2.24) is 9.80 Å². The molecule has 0 bridgehead atoms. The number of methoxy groups -OCH3 is 1. The van der Waals surface area contributed by atoms with Gasteiger partial charge >= 0.3 is 0 Å². The number of carbonyl (C=O) groups is 3. The third kappa shape index (κ3) is 3.87. The Bertz CT molecular complexity index is 914. The number of carbonyl (C=O) groups excluding carboxylic acids is 3. The van der Waals surface area contributed by atoms with Crippen LogP contribution in [-0.4, -0.2) is 67.4 Å². The van der Waals surface area contributed by atoms with Gasteiger partial charge in [0.2, 0.25) is 5.91 Å². The van der Waals surface area contributed by atoms with Crippen molar-refractivity contribution in [2.24, 2.45) is 0 Å². The molecule has 4 rings (SSSR count). The van der Waals surface area contributed by atoms with Gasteiger partial charge in [0.25, 0.3) is 11.8 Å². The molecule has 3 amide bonds. The lowest BCUT2D eigenvalue weighted by atomic mass is 10.1. The number of rotatable bonds is 6. The zero-order chi connectivity index (χ0) is 21.1. The number of hydrogen-bond donors (Lipinski definition) is 0. The van der Waals surface area contributed by atoms with Gasteiger partial charge in [-0.1, -0.05) is 12.1 Å². The molecular weight excluding hydrogens is 382 g/mol. The Balaban J connectivity index is 1.24. The van der Waals surface area contributed by atoms with Crippen LogP contribution in [0, 0.1) is 0 Å². The van der Waals surface area contributed by atoms with Crippen molar-refractivity contribution in [1.29, 1.82) is 0 Å². The Morgan fingerprint density at radius 3 is 2.07 bits per heavy atom. The molecular formula is C23H25N3O4. The number of piperazine rings is 1. The van der Waals surface area contributed by atoms with Crippen molar-refractivity contribution in [2.75, 3.05) is 44.7 Å². The van der Waals surface area contributed by atoms with E-state index < -0.39 is 0 Å². The van der Waals surface area contributed by atoms with E-state index in [2.05, 4.69) is 4.90 Å². The van der Waals surface area contributed by atoms with E-state index in [1.54, 1.807) is 31.4 Å². The predicted octanol–water partition coefficient (Wildman–Crippen LogP) is 2.42. The number of nitrogens with zero attached hydrogens (tertiary/aromatic N) is 3. The fourth-order valence-electron chi connectivity index (χ4n) is 4.00. The van der Waals surface area contributed by atoms with Crippen LogP contribution in [-0.2, 0) is 4.79 Å². The molecule has 2 aromatic rings. The predicted molar refractivity (Wildman–Crippen MR) is 113 cm³/mol. The van der Waals surface area contributed by atoms with Crippen LogP contribution in [0.2, 0.25) is 0 Å². The van der Waals surface area contributed by atoms with Crippen molar-refractivity contribution in [3.05, 3.63) is 59.7 Å². The zero-order valence-electron chi connectivity index (χ0n) is 17.0. The van der Waals surface area contributed by atoms with E-state index in [4.69, 9.17) is 4.74 Å². The summed E-state index contributed by atoms with van der Waals surface area (Å²) in [6.07, 6.45) is 0.805. The van der Waals surface area contributed by atoms with Gasteiger partial charge in [-0.2, -0.15) is 0 Å². The summed E-state index contributed by atoms with van der Waals surface area (Å²) in [5.74, 6) is 0.360. The Labute approximate surface area is 175 Å². The lowest BCUT2D eigenvalue weighted by Crippen LogP contribution is -2.48. The minimum atomic E-state index is -0.267. The molecule has 2 heterocycles. The smallest absolute Gasteiger partial charge is 0.261 e. The zero-order valence-corrected chi connectivity index (χ0v) is 17.0. The summed E-state index contributed by atoms with van der Waals surface area (Å²) in [7, 11) is 1.65. The Morgan fingerprint density at radius 2 is 1.50 bits per heavy atom. The molecule has 30 heavy (non-hydrogen) atoms. The van der Waals surface area contributed by atoms with Crippen LogP contribution < -0.4 is 9.64 Å². The van der Waals surface area contributed by atoms with E-state index in [1.807, 2.05) is 29.2 Å². The highest BCUT2D eigenvalue weighted by molar-refractivity contribution is 6.21. The molecule has 156 valence electrons. The number of ether oxygens (including phenoxy) is 1. The molecule has 7 nitrogen and oxygen atoms in total. The average molecular weight is 407 g/mol. The van der Waals surface area contributed by atoms with E-state index in [0.717, 1.165) is 24.5 Å². The highest BCUT2D eigenvalue weighted by Gasteiger charge is 2.34. The van der Waals surface area contributed by atoms with Crippen LogP contribution in [0.25, 0.3) is 0 Å². The first-order chi connectivity index (χ1) is 14.6. The standard InChI is InChI=1S/C23H25N3O4/c1-30-18-10-8-17(9-11-18)24-13-15-25(16-14-24)21(27)7-4-12-26-22(28)19-5-2-3-6-20(19)23(26)29/h2-3,5-6,8-11H,4,7,12-16H2,1H3. The van der Waals surface area contributed by atoms with Crippen LogP contribution in [0.4, 0.5) is 5.69 Å². The van der Waals surface area contributed by atoms with Gasteiger partial charge in [0, 0.05) is 44.8 Å². The number of anilines is 1. The molecule has 0 unspecified atom stereocenters. The first-order valence-electron chi connectivity index (χ1n) is 10.2. The Kier molecular flexibility index (Phi) is 5.70. The minimum absolute atomic E-state index is 0.0704. The largest absolute Gasteiger partial charge is 0.497 e. The molecule has 2 aromatic carbocycles. The summed E-state index contributed by atoms with van der Waals surface area (Å²) in [5, 5.41) is 0. The second-order valence-corrected chi connectivity index (χ2v) is 7.48. The molecule has 0 aromatic heterocycles. The Morgan fingerprint density at radius 1 is 0.900 bits per heavy atom. The number of fused-ring (bicyclic) bond motifs is 1. The van der Waals surface area contributed by atoms with Crippen LogP contribution in [0.15, 0.2) is 48.5 Å². The van der Waals surface area contributed by atoms with E-state index >= 15 is 0 Å². The van der Waals surface area contributed by atoms with Crippen molar-refractivity contribution in [3.63, 3.8) is 0 Å². The molecule has 0 aliphatic carbocycles. The number of hydrogen-bond acceptors (Lipinski definition) is 5. The molecule has 0 radical (unpaired) electrons. The number of imide groups is 1. The van der Waals surface area contributed by atoms with E-state index in [-0.39, 0.29) is 24.3 Å². The maximum atomic E-state index is 12.6. The van der Waals surface area contributed by atoms with Crippen LogP contribution >= 0.6 is 0 Å². The molecule has 0 atom stereocenters. The highest BCUT2D eigenvalue weighted by Crippen LogP contribution is 2.23. The molecule has 7 heteroatoms. The maximum Gasteiger partial charge on any atom is 0.261 e. The summed E-state index contributed by atoms with van der Waals surface area (Å²) < 4.78 is 5.19. The highest BCUT2D eigenvalue weighted by atomic mass is 16.5. The lowest BCUT2D eigenvalue weighted by molar-refractivity contribution is -0.131. The molecule has 2 aliphatic heterocycles. The van der Waals surface area contributed by atoms with Crippen molar-refractivity contribution in [3.8, 4) is 5.75 Å². The topological polar surface area (TPSA) is 70.2 Å². The molecule has 1 fully saturated rings. The first kappa shape index (κ1) is 19.9. The number of benzene rings is 2. The van der Waals surface area contributed by atoms with Gasteiger partial charge in [0.15, 0.2) is 0 Å². The molecule has 0 spiro atoms. The van der Waals surface area contributed by atoms with Gasteiger partial charge in [-0.25, -0.2) is 0 Å². The van der Waals surface area contributed by atoms with Crippen LogP contribution in [0.1, 0.15) is 33.6 Å². The van der Waals surface area contributed by atoms with Crippen LogP contribution in [0.3, 0.4) is 0 Å². The molecule has 0 N–H and O–H groups in total. The first-order valence-corrected chi connectivity index (χ1v) is 10.2. The summed E-state index contributed by atoms with van der Waals surface area (Å²) >= 11 is 0. The third-order valence-corrected chi connectivity index (χ3v) is 5.72. The number of amides is 3. The normalized spacial score (nSPS) is 16.1. The lowest BCUT2D eigenvalue weighted by Gasteiger charge is -2.36. The summed E-state index contributed by atoms with van der Waals surface area (Å²) in [5.41, 5.74) is 2.01.